The van der Waals surface area contributed by atoms with Gasteiger partial charge in [0.15, 0.2) is 0 Å². The van der Waals surface area contributed by atoms with Crippen LogP contribution in [0.2, 0.25) is 0 Å². The molecule has 0 aliphatic heterocycles. The van der Waals surface area contributed by atoms with Crippen molar-refractivity contribution in [2.45, 2.75) is 37.8 Å². The number of unbranched alkanes of at least 4 members (excludes halogenated alkanes) is 1. The van der Waals surface area contributed by atoms with E-state index in [1.807, 2.05) is 30.5 Å². The molecule has 1 amide bonds. The van der Waals surface area contributed by atoms with Gasteiger partial charge >= 0.3 is 5.97 Å². The molecule has 0 saturated heterocycles. The molecule has 1 aromatic carbocycles. The molecule has 2 rings (SSSR count). The molecule has 2 atom stereocenters. The number of para-hydroxylation sites is 1. The summed E-state index contributed by atoms with van der Waals surface area (Å²) in [5.41, 5.74) is 8.06. The Bertz CT molecular complexity index is 716. The number of benzene rings is 1. The molecular weight excluding hydrogens is 433 g/mol. The number of aromatic nitrogens is 1. The summed E-state index contributed by atoms with van der Waals surface area (Å²) < 4.78 is 5.80. The average molecular weight is 457 g/mol. The number of H-pyrrole nitrogens is 1. The number of nitrogens with two attached hydrogens (primary N) is 1. The highest BCUT2D eigenvalue weighted by atomic mass is 127. The molecule has 1 heterocycles. The van der Waals surface area contributed by atoms with Gasteiger partial charge in [-0.15, -0.1) is 0 Å². The molecule has 0 saturated carbocycles. The molecule has 25 heavy (non-hydrogen) atoms. The van der Waals surface area contributed by atoms with Gasteiger partial charge in [0.1, 0.15) is 6.04 Å². The largest absolute Gasteiger partial charge is 0.467 e. The summed E-state index contributed by atoms with van der Waals surface area (Å²) in [7, 11) is 1.33. The average Bonchev–Trinajstić information content (AvgIpc) is 3.03. The van der Waals surface area contributed by atoms with Crippen LogP contribution in [0.5, 0.6) is 0 Å². The van der Waals surface area contributed by atoms with Crippen LogP contribution >= 0.6 is 22.6 Å². The Morgan fingerprint density at radius 1 is 1.32 bits per heavy atom. The minimum absolute atomic E-state index is 0.338. The number of esters is 1. The number of aromatic amines is 1. The van der Waals surface area contributed by atoms with E-state index in [2.05, 4.69) is 32.9 Å². The van der Waals surface area contributed by atoms with E-state index in [0.29, 0.717) is 12.8 Å². The van der Waals surface area contributed by atoms with Gasteiger partial charge in [-0.25, -0.2) is 4.79 Å². The van der Waals surface area contributed by atoms with Crippen molar-refractivity contribution in [3.63, 3.8) is 0 Å². The first-order valence-electron chi connectivity index (χ1n) is 8.31. The number of hydrogen-bond donors (Lipinski definition) is 3. The molecule has 0 radical (unpaired) electrons. The van der Waals surface area contributed by atoms with Crippen LogP contribution in [0, 0.1) is 0 Å². The highest BCUT2D eigenvalue weighted by molar-refractivity contribution is 14.1. The molecule has 6 nitrogen and oxygen atoms in total. The Morgan fingerprint density at radius 2 is 2.08 bits per heavy atom. The minimum Gasteiger partial charge on any atom is -0.467 e. The lowest BCUT2D eigenvalue weighted by molar-refractivity contribution is -0.145. The SMILES string of the molecule is COC(=O)[C@H](CCCCI)NC(=O)[C@H](N)Cc1c[nH]c2ccccc12. The first-order valence-corrected chi connectivity index (χ1v) is 9.84. The van der Waals surface area contributed by atoms with E-state index in [1.54, 1.807) is 0 Å². The Labute approximate surface area is 161 Å². The van der Waals surface area contributed by atoms with Crippen LogP contribution in [-0.2, 0) is 20.7 Å². The number of carbonyl (C=O) groups is 2. The second kappa shape index (κ2) is 9.76. The van der Waals surface area contributed by atoms with E-state index >= 15 is 0 Å². The maximum atomic E-state index is 12.4. The van der Waals surface area contributed by atoms with Crippen LogP contribution in [0.15, 0.2) is 30.5 Å². The zero-order chi connectivity index (χ0) is 18.2. The third-order valence-corrected chi connectivity index (χ3v) is 4.89. The first kappa shape index (κ1) is 19.7. The Kier molecular flexibility index (Phi) is 7.70. The third kappa shape index (κ3) is 5.43. The second-order valence-corrected chi connectivity index (χ2v) is 7.02. The summed E-state index contributed by atoms with van der Waals surface area (Å²) in [6, 6.07) is 6.50. The summed E-state index contributed by atoms with van der Waals surface area (Å²) in [5.74, 6) is -0.767. The van der Waals surface area contributed by atoms with E-state index < -0.39 is 18.1 Å². The van der Waals surface area contributed by atoms with E-state index in [0.717, 1.165) is 33.7 Å². The normalized spacial score (nSPS) is 13.4. The van der Waals surface area contributed by atoms with Gasteiger partial charge in [-0.05, 0) is 35.3 Å². The van der Waals surface area contributed by atoms with Crippen molar-refractivity contribution < 1.29 is 14.3 Å². The summed E-state index contributed by atoms with van der Waals surface area (Å²) in [5, 5.41) is 3.79. The van der Waals surface area contributed by atoms with E-state index in [9.17, 15) is 9.59 Å². The fourth-order valence-electron chi connectivity index (χ4n) is 2.74. The van der Waals surface area contributed by atoms with E-state index in [-0.39, 0.29) is 5.91 Å². The highest BCUT2D eigenvalue weighted by Crippen LogP contribution is 2.18. The van der Waals surface area contributed by atoms with Crippen molar-refractivity contribution in [3.05, 3.63) is 36.0 Å². The minimum atomic E-state index is -0.726. The number of carbonyl (C=O) groups excluding carboxylic acids is 2. The maximum Gasteiger partial charge on any atom is 0.328 e. The third-order valence-electron chi connectivity index (χ3n) is 4.13. The molecule has 0 fully saturated rings. The van der Waals surface area contributed by atoms with Crippen molar-refractivity contribution in [1.82, 2.24) is 10.3 Å². The lowest BCUT2D eigenvalue weighted by atomic mass is 10.0. The van der Waals surface area contributed by atoms with Crippen molar-refractivity contribution in [1.29, 1.82) is 0 Å². The molecule has 0 bridgehead atoms. The topological polar surface area (TPSA) is 97.2 Å². The molecule has 1 aromatic heterocycles. The lowest BCUT2D eigenvalue weighted by Crippen LogP contribution is -2.49. The Hall–Kier alpha value is -1.61. The smallest absolute Gasteiger partial charge is 0.328 e. The van der Waals surface area contributed by atoms with Crippen LogP contribution in [0.1, 0.15) is 24.8 Å². The van der Waals surface area contributed by atoms with Gasteiger partial charge in [-0.2, -0.15) is 0 Å². The summed E-state index contributed by atoms with van der Waals surface area (Å²) in [4.78, 5) is 27.5. The second-order valence-electron chi connectivity index (χ2n) is 5.94. The molecule has 7 heteroatoms. The number of halogens is 1. The van der Waals surface area contributed by atoms with Crippen molar-refractivity contribution >= 4 is 45.4 Å². The van der Waals surface area contributed by atoms with Crippen LogP contribution < -0.4 is 11.1 Å². The molecule has 0 unspecified atom stereocenters. The maximum absolute atomic E-state index is 12.4. The van der Waals surface area contributed by atoms with Crippen molar-refractivity contribution in [3.8, 4) is 0 Å². The first-order chi connectivity index (χ1) is 12.1. The zero-order valence-electron chi connectivity index (χ0n) is 14.3. The molecule has 0 aliphatic rings. The van der Waals surface area contributed by atoms with Gasteiger partial charge < -0.3 is 20.8 Å². The van der Waals surface area contributed by atoms with Gasteiger partial charge in [0.05, 0.1) is 13.2 Å². The Morgan fingerprint density at radius 3 is 2.80 bits per heavy atom. The van der Waals surface area contributed by atoms with Crippen LogP contribution in [0.3, 0.4) is 0 Å². The number of fused-ring (bicyclic) bond motifs is 1. The van der Waals surface area contributed by atoms with Crippen LogP contribution in [-0.4, -0.2) is 40.5 Å². The fourth-order valence-corrected chi connectivity index (χ4v) is 3.28. The summed E-state index contributed by atoms with van der Waals surface area (Å²) in [6.07, 6.45) is 4.67. The summed E-state index contributed by atoms with van der Waals surface area (Å²) in [6.45, 7) is 0. The highest BCUT2D eigenvalue weighted by Gasteiger charge is 2.24. The number of ether oxygens (including phenoxy) is 1. The zero-order valence-corrected chi connectivity index (χ0v) is 16.4. The molecule has 2 aromatic rings. The number of alkyl halides is 1. The fraction of sp³-hybridized carbons (Fsp3) is 0.444. The molecule has 136 valence electrons. The quantitative estimate of drug-likeness (QED) is 0.233. The number of hydrogen-bond acceptors (Lipinski definition) is 4. The molecular formula is C18H24IN3O3. The standard InChI is InChI=1S/C18H24IN3O3/c1-25-18(24)16(8-4-5-9-19)22-17(23)14(20)10-12-11-21-15-7-3-2-6-13(12)15/h2-3,6-7,11,14,16,21H,4-5,8-10,20H2,1H3,(H,22,23)/t14-,16+/m1/s1. The van der Waals surface area contributed by atoms with Crippen molar-refractivity contribution in [2.75, 3.05) is 11.5 Å². The number of rotatable bonds is 9. The predicted octanol–water partition coefficient (Wildman–Crippen LogP) is 2.30. The lowest BCUT2D eigenvalue weighted by Gasteiger charge is -2.19. The van der Waals surface area contributed by atoms with Gasteiger partial charge in [-0.3, -0.25) is 4.79 Å². The van der Waals surface area contributed by atoms with Gasteiger partial charge in [0, 0.05) is 17.1 Å². The number of nitrogens with one attached hydrogen (secondary N) is 2. The Balaban J connectivity index is 1.98. The van der Waals surface area contributed by atoms with Crippen LogP contribution in [0.25, 0.3) is 10.9 Å². The van der Waals surface area contributed by atoms with Crippen LogP contribution in [0.4, 0.5) is 0 Å². The van der Waals surface area contributed by atoms with E-state index in [4.69, 9.17) is 10.5 Å². The number of methoxy groups -OCH3 is 1. The van der Waals surface area contributed by atoms with Gasteiger partial charge in [0.2, 0.25) is 5.91 Å². The molecule has 0 spiro atoms. The monoisotopic (exact) mass is 457 g/mol. The predicted molar refractivity (Wildman–Crippen MR) is 107 cm³/mol. The molecule has 0 aliphatic carbocycles. The molecule has 4 N–H and O–H groups in total. The number of amides is 1. The van der Waals surface area contributed by atoms with Gasteiger partial charge in [0.25, 0.3) is 0 Å². The van der Waals surface area contributed by atoms with Gasteiger partial charge in [-0.1, -0.05) is 47.2 Å². The van der Waals surface area contributed by atoms with Crippen molar-refractivity contribution in [2.24, 2.45) is 5.73 Å². The van der Waals surface area contributed by atoms with E-state index in [1.165, 1.54) is 7.11 Å². The summed E-state index contributed by atoms with van der Waals surface area (Å²) >= 11 is 2.29.